The number of rotatable bonds is 4. The molecule has 7 heteroatoms. The fraction of sp³-hybridized carbons (Fsp3) is 0.100. The molecule has 0 aliphatic rings. The molecule has 0 radical (unpaired) electrons. The number of carbonyl (C=O) groups is 1. The number of anilines is 1. The van der Waals surface area contributed by atoms with Crippen LogP contribution in [0.4, 0.5) is 5.69 Å². The molecule has 0 unspecified atom stereocenters. The molecule has 0 amide bonds. The Balaban J connectivity index is 2.42. The number of hydrogen-bond donors (Lipinski definition) is 1. The minimum absolute atomic E-state index is 0.0336. The minimum Gasteiger partial charge on any atom is -0.478 e. The van der Waals surface area contributed by atoms with E-state index in [-0.39, 0.29) is 11.3 Å². The van der Waals surface area contributed by atoms with Crippen LogP contribution in [0.2, 0.25) is 0 Å². The molecule has 2 rings (SSSR count). The summed E-state index contributed by atoms with van der Waals surface area (Å²) in [6, 6.07) is 5.70. The molecule has 1 heterocycles. The Morgan fingerprint density at radius 3 is 2.47 bits per heavy atom. The fourth-order valence-corrected chi connectivity index (χ4v) is 1.35. The van der Waals surface area contributed by atoms with E-state index in [4.69, 9.17) is 9.94 Å². The van der Waals surface area contributed by atoms with Gasteiger partial charge in [-0.1, -0.05) is 6.07 Å². The lowest BCUT2D eigenvalue weighted by Crippen LogP contribution is -2.27. The van der Waals surface area contributed by atoms with Crippen LogP contribution >= 0.6 is 0 Å². The summed E-state index contributed by atoms with van der Waals surface area (Å²) >= 11 is 0. The normalized spacial score (nSPS) is 10.6. The van der Waals surface area contributed by atoms with Crippen molar-refractivity contribution >= 4 is 11.7 Å². The molecule has 7 nitrogen and oxygen atoms in total. The predicted octanol–water partition coefficient (Wildman–Crippen LogP) is -0.387. The summed E-state index contributed by atoms with van der Waals surface area (Å²) in [5, 5.41) is 9.76. The van der Waals surface area contributed by atoms with Gasteiger partial charge in [-0.2, -0.15) is 0 Å². The highest BCUT2D eigenvalue weighted by molar-refractivity contribution is 5.88. The number of hydrogen-bond acceptors (Lipinski definition) is 5. The average molecular weight is 236 g/mol. The van der Waals surface area contributed by atoms with E-state index in [1.165, 1.54) is 31.4 Å². The van der Waals surface area contributed by atoms with Crippen LogP contribution in [-0.2, 0) is 4.84 Å². The van der Waals surface area contributed by atoms with Crippen LogP contribution < -0.4 is 16.3 Å². The van der Waals surface area contributed by atoms with Crippen molar-refractivity contribution in [3.63, 3.8) is 0 Å². The van der Waals surface area contributed by atoms with Crippen LogP contribution in [0.3, 0.4) is 0 Å². The van der Waals surface area contributed by atoms with Gasteiger partial charge in [-0.05, 0) is 18.2 Å². The van der Waals surface area contributed by atoms with Crippen LogP contribution in [0.5, 0.6) is 0 Å². The highest BCUT2D eigenvalue weighted by Crippen LogP contribution is 2.16. The number of carboxylic acid groups (broad SMARTS) is 1. The first kappa shape index (κ1) is 11.1. The molecule has 1 aromatic heterocycles. The van der Waals surface area contributed by atoms with Gasteiger partial charge in [0.2, 0.25) is 0 Å². The smallest absolute Gasteiger partial charge is 0.342 e. The molecule has 1 N–H and O–H groups in total. The highest BCUT2D eigenvalue weighted by Gasteiger charge is 2.24. The number of nitrogens with zero attached hydrogens (tertiary/aromatic N) is 2. The van der Waals surface area contributed by atoms with Crippen LogP contribution in [0, 0.1) is 0 Å². The van der Waals surface area contributed by atoms with Crippen molar-refractivity contribution in [1.29, 1.82) is 0 Å². The molecule has 0 saturated carbocycles. The summed E-state index contributed by atoms with van der Waals surface area (Å²) < 4.78 is 0.765. The van der Waals surface area contributed by atoms with Crippen LogP contribution in [0.1, 0.15) is 10.4 Å². The van der Waals surface area contributed by atoms with Crippen LogP contribution in [0.15, 0.2) is 33.9 Å². The van der Waals surface area contributed by atoms with Crippen molar-refractivity contribution in [2.45, 2.75) is 0 Å². The second kappa shape index (κ2) is 3.87. The third-order valence-corrected chi connectivity index (χ3v) is 2.19. The van der Waals surface area contributed by atoms with E-state index in [1.807, 2.05) is 0 Å². The van der Waals surface area contributed by atoms with Gasteiger partial charge in [0.1, 0.15) is 0 Å². The first-order valence-corrected chi connectivity index (χ1v) is 4.62. The summed E-state index contributed by atoms with van der Waals surface area (Å²) in [5.74, 6) is -1.11. The lowest BCUT2D eigenvalue weighted by molar-refractivity contribution is 0.0696. The molecule has 0 atom stereocenters. The summed E-state index contributed by atoms with van der Waals surface area (Å²) in [5.41, 5.74) is -1.09. The predicted molar refractivity (Wildman–Crippen MR) is 57.6 cm³/mol. The first-order chi connectivity index (χ1) is 8.06. The molecular formula is C10H8N2O5. The van der Waals surface area contributed by atoms with E-state index in [0.29, 0.717) is 0 Å². The zero-order chi connectivity index (χ0) is 12.6. The monoisotopic (exact) mass is 236 g/mol. The van der Waals surface area contributed by atoms with Crippen molar-refractivity contribution in [1.82, 2.24) is 4.68 Å². The quantitative estimate of drug-likeness (QED) is 0.574. The molecule has 88 valence electrons. The fourth-order valence-electron chi connectivity index (χ4n) is 1.35. The lowest BCUT2D eigenvalue weighted by atomic mass is 10.2. The largest absolute Gasteiger partial charge is 0.478 e. The Hall–Kier alpha value is -2.41. The van der Waals surface area contributed by atoms with Gasteiger partial charge in [0.15, 0.2) is 0 Å². The van der Waals surface area contributed by atoms with E-state index < -0.39 is 17.1 Å². The Labute approximate surface area is 94.7 Å². The molecule has 0 saturated heterocycles. The second-order valence-electron chi connectivity index (χ2n) is 3.23. The molecule has 17 heavy (non-hydrogen) atoms. The van der Waals surface area contributed by atoms with E-state index in [9.17, 15) is 14.4 Å². The number of benzene rings is 1. The third kappa shape index (κ3) is 1.83. The average Bonchev–Trinajstić information content (AvgIpc) is 2.89. The van der Waals surface area contributed by atoms with Gasteiger partial charge < -0.3 is 5.11 Å². The Bertz CT molecular complexity index is 613. The van der Waals surface area contributed by atoms with Gasteiger partial charge in [0.25, 0.3) is 0 Å². The number of aromatic carboxylic acids is 1. The molecule has 0 aliphatic heterocycles. The maximum absolute atomic E-state index is 10.9. The summed E-state index contributed by atoms with van der Waals surface area (Å²) in [6.45, 7) is 0. The molecule has 2 aromatic rings. The molecule has 0 bridgehead atoms. The minimum atomic E-state index is -1.11. The first-order valence-electron chi connectivity index (χ1n) is 4.62. The number of aromatic nitrogens is 1. The van der Waals surface area contributed by atoms with Crippen LogP contribution in [-0.4, -0.2) is 22.9 Å². The van der Waals surface area contributed by atoms with Crippen LogP contribution in [0.25, 0.3) is 0 Å². The van der Waals surface area contributed by atoms with Crippen molar-refractivity contribution < 1.29 is 14.7 Å². The summed E-state index contributed by atoms with van der Waals surface area (Å²) in [7, 11) is 1.27. The summed E-state index contributed by atoms with van der Waals surface area (Å²) in [6.07, 6.45) is 0. The van der Waals surface area contributed by atoms with Gasteiger partial charge in [-0.15, -0.1) is 9.85 Å². The van der Waals surface area contributed by atoms with Crippen molar-refractivity contribution in [3.8, 4) is 0 Å². The maximum atomic E-state index is 10.9. The Morgan fingerprint density at radius 2 is 2.00 bits per heavy atom. The summed E-state index contributed by atoms with van der Waals surface area (Å²) in [4.78, 5) is 37.5. The van der Waals surface area contributed by atoms with Gasteiger partial charge >= 0.3 is 17.1 Å². The third-order valence-electron chi connectivity index (χ3n) is 2.19. The molecule has 0 fully saturated rings. The number of carboxylic acids is 1. The topological polar surface area (TPSA) is 88.8 Å². The highest BCUT2D eigenvalue weighted by atomic mass is 16.7. The van der Waals surface area contributed by atoms with Crippen molar-refractivity contribution in [2.75, 3.05) is 12.3 Å². The van der Waals surface area contributed by atoms with Crippen molar-refractivity contribution in [3.05, 3.63) is 50.5 Å². The van der Waals surface area contributed by atoms with Gasteiger partial charge in [-0.3, -0.25) is 14.4 Å². The van der Waals surface area contributed by atoms with Gasteiger partial charge in [-0.25, -0.2) is 4.79 Å². The van der Waals surface area contributed by atoms with E-state index in [1.54, 1.807) is 0 Å². The Morgan fingerprint density at radius 1 is 1.35 bits per heavy atom. The molecule has 0 aliphatic carbocycles. The maximum Gasteiger partial charge on any atom is 0.342 e. The van der Waals surface area contributed by atoms with E-state index >= 15 is 0 Å². The zero-order valence-electron chi connectivity index (χ0n) is 8.78. The van der Waals surface area contributed by atoms with E-state index in [2.05, 4.69) is 0 Å². The van der Waals surface area contributed by atoms with E-state index in [0.717, 1.165) is 9.85 Å². The SMILES string of the molecule is CON(c1cccc(C(=O)O)c1)n1c(=O)c1=O. The standard InChI is InChI=1S/C10H8N2O5/c1-17-12(11-8(13)9(11)14)7-4-2-3-6(5-7)10(15)16/h2-5H,1H3,(H,15,16). The van der Waals surface area contributed by atoms with Gasteiger partial charge in [0, 0.05) is 0 Å². The Kier molecular flexibility index (Phi) is 2.52. The van der Waals surface area contributed by atoms with Crippen molar-refractivity contribution in [2.24, 2.45) is 0 Å². The molecular weight excluding hydrogens is 228 g/mol. The molecule has 0 spiro atoms. The lowest BCUT2D eigenvalue weighted by Gasteiger charge is -2.17. The second-order valence-corrected chi connectivity index (χ2v) is 3.23. The van der Waals surface area contributed by atoms with Gasteiger partial charge in [0.05, 0.1) is 18.4 Å². The zero-order valence-corrected chi connectivity index (χ0v) is 8.78. The molecule has 1 aromatic carbocycles.